The first-order valence-corrected chi connectivity index (χ1v) is 13.7. The van der Waals surface area contributed by atoms with Crippen LogP contribution in [0.2, 0.25) is 0 Å². The van der Waals surface area contributed by atoms with Crippen molar-refractivity contribution in [3.8, 4) is 11.3 Å². The molecule has 0 fully saturated rings. The topological polar surface area (TPSA) is 75.0 Å². The molecule has 8 nitrogen and oxygen atoms in total. The molecule has 0 spiro atoms. The third-order valence-electron chi connectivity index (χ3n) is 7.56. The fourth-order valence-corrected chi connectivity index (χ4v) is 5.70. The van der Waals surface area contributed by atoms with Gasteiger partial charge in [-0.1, -0.05) is 18.2 Å². The lowest BCUT2D eigenvalue weighted by molar-refractivity contribution is 0.213. The van der Waals surface area contributed by atoms with Crippen molar-refractivity contribution in [1.29, 1.82) is 0 Å². The molecule has 6 rings (SSSR count). The lowest BCUT2D eigenvalue weighted by atomic mass is 10.1. The van der Waals surface area contributed by atoms with Crippen LogP contribution in [0.25, 0.3) is 22.3 Å². The molecular formula is C30H34F2N8. The summed E-state index contributed by atoms with van der Waals surface area (Å²) in [4.78, 5) is 22.7. The third kappa shape index (κ3) is 5.21. The second kappa shape index (κ2) is 10.3. The van der Waals surface area contributed by atoms with Gasteiger partial charge in [0.1, 0.15) is 22.9 Å². The fourth-order valence-electron chi connectivity index (χ4n) is 5.70. The molecule has 1 N–H and O–H groups in total. The smallest absolute Gasteiger partial charge is 0.229 e. The predicted octanol–water partition coefficient (Wildman–Crippen LogP) is 5.20. The minimum absolute atomic E-state index is 0.0133. The Morgan fingerprint density at radius 1 is 0.950 bits per heavy atom. The third-order valence-corrected chi connectivity index (χ3v) is 7.56. The second-order valence-electron chi connectivity index (χ2n) is 11.6. The van der Waals surface area contributed by atoms with Crippen molar-refractivity contribution in [2.24, 2.45) is 0 Å². The van der Waals surface area contributed by atoms with Crippen LogP contribution in [-0.4, -0.2) is 67.0 Å². The molecule has 0 amide bonds. The number of anilines is 2. The lowest BCUT2D eigenvalue weighted by Gasteiger charge is -2.29. The summed E-state index contributed by atoms with van der Waals surface area (Å²) in [7, 11) is 0. The molecule has 0 bridgehead atoms. The number of hydrogen-bond acceptors (Lipinski definition) is 7. The maximum absolute atomic E-state index is 15.1. The van der Waals surface area contributed by atoms with E-state index in [0.29, 0.717) is 22.7 Å². The van der Waals surface area contributed by atoms with Gasteiger partial charge < -0.3 is 9.88 Å². The molecule has 3 aromatic heterocycles. The number of pyridine rings is 1. The molecule has 0 radical (unpaired) electrons. The van der Waals surface area contributed by atoms with E-state index in [2.05, 4.69) is 48.3 Å². The molecule has 1 aromatic carbocycles. The molecular weight excluding hydrogens is 510 g/mol. The van der Waals surface area contributed by atoms with Crippen LogP contribution < -0.4 is 5.32 Å². The number of benzene rings is 1. The fraction of sp³-hybridized carbons (Fsp3) is 0.400. The van der Waals surface area contributed by atoms with Crippen LogP contribution in [-0.2, 0) is 18.5 Å². The largest absolute Gasteiger partial charge is 0.323 e. The zero-order valence-corrected chi connectivity index (χ0v) is 23.4. The van der Waals surface area contributed by atoms with E-state index in [-0.39, 0.29) is 22.7 Å². The van der Waals surface area contributed by atoms with Crippen LogP contribution >= 0.6 is 0 Å². The molecule has 40 heavy (non-hydrogen) atoms. The highest BCUT2D eigenvalue weighted by Crippen LogP contribution is 2.32. The van der Waals surface area contributed by atoms with Crippen LogP contribution in [0.1, 0.15) is 37.9 Å². The molecule has 0 saturated carbocycles. The van der Waals surface area contributed by atoms with Gasteiger partial charge in [0, 0.05) is 62.5 Å². The summed E-state index contributed by atoms with van der Waals surface area (Å²) < 4.78 is 32.0. The molecule has 0 unspecified atom stereocenters. The summed E-state index contributed by atoms with van der Waals surface area (Å²) in [6, 6.07) is 7.00. The molecule has 0 aliphatic carbocycles. The van der Waals surface area contributed by atoms with Gasteiger partial charge in [-0.2, -0.15) is 0 Å². The minimum atomic E-state index is -0.633. The Bertz CT molecular complexity index is 1600. The number of rotatable bonds is 6. The van der Waals surface area contributed by atoms with Gasteiger partial charge in [-0.3, -0.25) is 9.80 Å². The molecule has 0 saturated heterocycles. The number of nitrogens with zero attached hydrogens (tertiary/aromatic N) is 7. The molecule has 2 aliphatic rings. The molecule has 2 aliphatic heterocycles. The maximum Gasteiger partial charge on any atom is 0.229 e. The Hall–Kier alpha value is -3.76. The van der Waals surface area contributed by atoms with E-state index in [1.807, 2.05) is 38.3 Å². The van der Waals surface area contributed by atoms with E-state index in [1.54, 1.807) is 6.07 Å². The summed E-state index contributed by atoms with van der Waals surface area (Å²) in [6.45, 7) is 13.9. The second-order valence-corrected chi connectivity index (χ2v) is 11.6. The van der Waals surface area contributed by atoms with E-state index < -0.39 is 11.6 Å². The van der Waals surface area contributed by atoms with Crippen LogP contribution in [0.15, 0.2) is 42.6 Å². The van der Waals surface area contributed by atoms with Crippen molar-refractivity contribution < 1.29 is 8.78 Å². The average Bonchev–Trinajstić information content (AvgIpc) is 3.55. The summed E-state index contributed by atoms with van der Waals surface area (Å²) >= 11 is 0. The quantitative estimate of drug-likeness (QED) is 0.334. The average molecular weight is 545 g/mol. The first-order chi connectivity index (χ1) is 19.2. The van der Waals surface area contributed by atoms with Crippen LogP contribution in [0.5, 0.6) is 0 Å². The van der Waals surface area contributed by atoms with E-state index in [9.17, 15) is 4.39 Å². The first kappa shape index (κ1) is 26.5. The van der Waals surface area contributed by atoms with Crippen LogP contribution in [0, 0.1) is 18.6 Å². The van der Waals surface area contributed by atoms with E-state index >= 15 is 4.39 Å². The Labute approximate surface area is 232 Å². The van der Waals surface area contributed by atoms with Gasteiger partial charge in [-0.05, 0) is 51.5 Å². The van der Waals surface area contributed by atoms with Gasteiger partial charge in [-0.25, -0.2) is 28.7 Å². The highest BCUT2D eigenvalue weighted by Gasteiger charge is 2.23. The van der Waals surface area contributed by atoms with E-state index in [4.69, 9.17) is 4.98 Å². The number of fused-ring (bicyclic) bond motifs is 2. The zero-order valence-electron chi connectivity index (χ0n) is 23.4. The molecule has 5 heterocycles. The summed E-state index contributed by atoms with van der Waals surface area (Å²) in [5, 5.41) is 3.12. The summed E-state index contributed by atoms with van der Waals surface area (Å²) in [5.41, 5.74) is 3.11. The number of imidazole rings is 1. The van der Waals surface area contributed by atoms with Crippen LogP contribution in [0.3, 0.4) is 0 Å². The van der Waals surface area contributed by atoms with Crippen molar-refractivity contribution in [3.05, 3.63) is 71.3 Å². The normalized spacial score (nSPS) is 16.1. The van der Waals surface area contributed by atoms with Gasteiger partial charge in [0.2, 0.25) is 5.95 Å². The summed E-state index contributed by atoms with van der Waals surface area (Å²) in [6.07, 6.45) is 6.40. The molecule has 208 valence electrons. The standard InChI is InChI=1S/C30H34F2N8/c1-19-34-28-22(31)15-21(16-25(28)40(19)30(2,3)4)27-23(32)17-33-29(37-27)36-26-8-7-20-18-39(12-9-24(20)35-26)14-13-38-10-5-6-11-38/h5-8,15-17H,9-14,18H2,1-4H3,(H,33,35,36,37). The SMILES string of the molecule is Cc1nc2c(F)cc(-c3nc(Nc4ccc5c(n4)CCN(CCN4CC=CC4)C5)ncc3F)cc2n1C(C)(C)C. The number of halogens is 2. The van der Waals surface area contributed by atoms with Gasteiger partial charge in [-0.15, -0.1) is 0 Å². The van der Waals surface area contributed by atoms with E-state index in [1.165, 1.54) is 11.6 Å². The highest BCUT2D eigenvalue weighted by molar-refractivity contribution is 5.83. The Kier molecular flexibility index (Phi) is 6.83. The number of nitrogens with one attached hydrogen (secondary N) is 1. The number of hydrogen-bond donors (Lipinski definition) is 1. The summed E-state index contributed by atoms with van der Waals surface area (Å²) in [5.74, 6) is 0.326. The molecule has 10 heteroatoms. The predicted molar refractivity (Wildman–Crippen MR) is 152 cm³/mol. The van der Waals surface area contributed by atoms with Gasteiger partial charge >= 0.3 is 0 Å². The lowest BCUT2D eigenvalue weighted by Crippen LogP contribution is -2.37. The number of aryl methyl sites for hydroxylation is 1. The van der Waals surface area contributed by atoms with Crippen molar-refractivity contribution in [2.75, 3.05) is 38.0 Å². The highest BCUT2D eigenvalue weighted by atomic mass is 19.1. The van der Waals surface area contributed by atoms with Crippen molar-refractivity contribution >= 4 is 22.8 Å². The van der Waals surface area contributed by atoms with Gasteiger partial charge in [0.25, 0.3) is 0 Å². The number of aromatic nitrogens is 5. The van der Waals surface area contributed by atoms with Crippen molar-refractivity contribution in [3.63, 3.8) is 0 Å². The Morgan fingerprint density at radius 3 is 2.50 bits per heavy atom. The Morgan fingerprint density at radius 2 is 1.73 bits per heavy atom. The first-order valence-electron chi connectivity index (χ1n) is 13.7. The van der Waals surface area contributed by atoms with Crippen molar-refractivity contribution in [1.82, 2.24) is 34.3 Å². The van der Waals surface area contributed by atoms with Crippen molar-refractivity contribution in [2.45, 2.75) is 46.2 Å². The minimum Gasteiger partial charge on any atom is -0.323 e. The Balaban J connectivity index is 1.22. The monoisotopic (exact) mass is 544 g/mol. The molecule has 4 aromatic rings. The van der Waals surface area contributed by atoms with Gasteiger partial charge in [0.15, 0.2) is 11.6 Å². The molecule has 0 atom stereocenters. The zero-order chi connectivity index (χ0) is 28.0. The van der Waals surface area contributed by atoms with E-state index in [0.717, 1.165) is 57.6 Å². The maximum atomic E-state index is 15.1. The van der Waals surface area contributed by atoms with Gasteiger partial charge in [0.05, 0.1) is 11.7 Å². The van der Waals surface area contributed by atoms with Crippen LogP contribution in [0.4, 0.5) is 20.5 Å².